The van der Waals surface area contributed by atoms with Crippen LogP contribution in [0.2, 0.25) is 0 Å². The summed E-state index contributed by atoms with van der Waals surface area (Å²) in [6, 6.07) is 15.3. The summed E-state index contributed by atoms with van der Waals surface area (Å²) < 4.78 is 15.9. The van der Waals surface area contributed by atoms with Crippen molar-refractivity contribution in [3.63, 3.8) is 0 Å². The second-order valence-corrected chi connectivity index (χ2v) is 7.63. The fourth-order valence-electron chi connectivity index (χ4n) is 3.74. The Hall–Kier alpha value is -4.45. The molecule has 0 aliphatic rings. The van der Waals surface area contributed by atoms with Gasteiger partial charge in [-0.1, -0.05) is 42.5 Å². The maximum atomic E-state index is 13.1. The van der Waals surface area contributed by atoms with Crippen LogP contribution in [0.3, 0.4) is 0 Å². The van der Waals surface area contributed by atoms with Crippen LogP contribution in [0.25, 0.3) is 10.8 Å². The van der Waals surface area contributed by atoms with E-state index >= 15 is 0 Å². The average Bonchev–Trinajstić information content (AvgIpc) is 2.88. The highest BCUT2D eigenvalue weighted by molar-refractivity contribution is 5.95. The van der Waals surface area contributed by atoms with Crippen LogP contribution in [0.5, 0.6) is 17.2 Å². The summed E-state index contributed by atoms with van der Waals surface area (Å²) in [5.41, 5.74) is 1.23. The van der Waals surface area contributed by atoms with Gasteiger partial charge in [-0.2, -0.15) is 5.26 Å². The van der Waals surface area contributed by atoms with E-state index in [9.17, 15) is 14.9 Å². The lowest BCUT2D eigenvalue weighted by molar-refractivity contribution is -0.129. The van der Waals surface area contributed by atoms with Gasteiger partial charge in [0.1, 0.15) is 6.04 Å². The standard InChI is InChI=1S/C26H28N4O5/c1-5-30(16-27)25(31)21(13-17-10-11-18-8-6-7-9-19(18)12-17)29-26(32)28-20-14-22(33-2)24(35-4)23(15-20)34-3/h6-12,14-15,21H,5,13H2,1-4H3,(H2,28,29,32). The highest BCUT2D eigenvalue weighted by Gasteiger charge is 2.26. The fourth-order valence-corrected chi connectivity index (χ4v) is 3.74. The molecule has 0 fully saturated rings. The van der Waals surface area contributed by atoms with E-state index < -0.39 is 18.0 Å². The number of nitrogens with zero attached hydrogens (tertiary/aromatic N) is 2. The molecule has 3 amide bonds. The van der Waals surface area contributed by atoms with Gasteiger partial charge in [-0.15, -0.1) is 0 Å². The molecule has 35 heavy (non-hydrogen) atoms. The molecule has 9 heteroatoms. The minimum Gasteiger partial charge on any atom is -0.493 e. The normalized spacial score (nSPS) is 11.2. The monoisotopic (exact) mass is 476 g/mol. The molecule has 0 radical (unpaired) electrons. The molecular formula is C26H28N4O5. The summed E-state index contributed by atoms with van der Waals surface area (Å²) in [5, 5.41) is 16.9. The Balaban J connectivity index is 1.84. The lowest BCUT2D eigenvalue weighted by Crippen LogP contribution is -2.49. The Bertz CT molecular complexity index is 1230. The van der Waals surface area contributed by atoms with Crippen molar-refractivity contribution in [2.45, 2.75) is 19.4 Å². The van der Waals surface area contributed by atoms with Crippen molar-refractivity contribution in [1.29, 1.82) is 5.26 Å². The van der Waals surface area contributed by atoms with Crippen LogP contribution in [0.1, 0.15) is 12.5 Å². The quantitative estimate of drug-likeness (QED) is 0.357. The maximum Gasteiger partial charge on any atom is 0.319 e. The van der Waals surface area contributed by atoms with Crippen LogP contribution >= 0.6 is 0 Å². The third-order valence-corrected chi connectivity index (χ3v) is 5.48. The molecule has 3 aromatic rings. The number of fused-ring (bicyclic) bond motifs is 1. The summed E-state index contributed by atoms with van der Waals surface area (Å²) in [6.07, 6.45) is 2.09. The zero-order chi connectivity index (χ0) is 25.4. The van der Waals surface area contributed by atoms with E-state index in [1.54, 1.807) is 19.1 Å². The molecule has 0 aromatic heterocycles. The van der Waals surface area contributed by atoms with Gasteiger partial charge >= 0.3 is 6.03 Å². The molecule has 1 atom stereocenters. The first-order valence-corrected chi connectivity index (χ1v) is 11.0. The molecule has 9 nitrogen and oxygen atoms in total. The summed E-state index contributed by atoms with van der Waals surface area (Å²) in [5.74, 6) is 0.626. The minimum absolute atomic E-state index is 0.194. The van der Waals surface area contributed by atoms with Crippen LogP contribution in [-0.4, -0.2) is 50.8 Å². The number of carbonyl (C=O) groups is 2. The molecule has 0 aliphatic heterocycles. The lowest BCUT2D eigenvalue weighted by Gasteiger charge is -2.22. The molecular weight excluding hydrogens is 448 g/mol. The number of likely N-dealkylation sites (N-methyl/N-ethyl adjacent to an activating group) is 1. The van der Waals surface area contributed by atoms with Gasteiger partial charge in [-0.25, -0.2) is 9.69 Å². The van der Waals surface area contributed by atoms with Gasteiger partial charge in [0.15, 0.2) is 17.7 Å². The van der Waals surface area contributed by atoms with Crippen LogP contribution in [0, 0.1) is 11.5 Å². The second kappa shape index (κ2) is 11.6. The summed E-state index contributed by atoms with van der Waals surface area (Å²) >= 11 is 0. The van der Waals surface area contributed by atoms with E-state index in [2.05, 4.69) is 10.6 Å². The molecule has 0 heterocycles. The smallest absolute Gasteiger partial charge is 0.319 e. The highest BCUT2D eigenvalue weighted by Crippen LogP contribution is 2.39. The van der Waals surface area contributed by atoms with E-state index in [1.807, 2.05) is 48.7 Å². The maximum absolute atomic E-state index is 13.1. The number of amides is 3. The van der Waals surface area contributed by atoms with Gasteiger partial charge in [0.25, 0.3) is 5.91 Å². The SMILES string of the molecule is CCN(C#N)C(=O)C(Cc1ccc2ccccc2c1)NC(=O)Nc1cc(OC)c(OC)c(OC)c1. The molecule has 3 rings (SSSR count). The van der Waals surface area contributed by atoms with Gasteiger partial charge in [-0.3, -0.25) is 4.79 Å². The summed E-state index contributed by atoms with van der Waals surface area (Å²) in [6.45, 7) is 1.89. The number of nitrogens with one attached hydrogen (secondary N) is 2. The van der Waals surface area contributed by atoms with E-state index in [1.165, 1.54) is 21.3 Å². The molecule has 0 spiro atoms. The number of benzene rings is 3. The number of ether oxygens (including phenoxy) is 3. The van der Waals surface area contributed by atoms with E-state index in [4.69, 9.17) is 14.2 Å². The molecule has 2 N–H and O–H groups in total. The van der Waals surface area contributed by atoms with Gasteiger partial charge in [0.2, 0.25) is 5.75 Å². The van der Waals surface area contributed by atoms with Crippen molar-refractivity contribution < 1.29 is 23.8 Å². The number of urea groups is 1. The second-order valence-electron chi connectivity index (χ2n) is 7.63. The number of nitriles is 1. The number of methoxy groups -OCH3 is 3. The summed E-state index contributed by atoms with van der Waals surface area (Å²) in [7, 11) is 4.43. The Morgan fingerprint density at radius 1 is 0.971 bits per heavy atom. The van der Waals surface area contributed by atoms with Gasteiger partial charge in [0, 0.05) is 25.1 Å². The van der Waals surface area contributed by atoms with E-state index in [-0.39, 0.29) is 13.0 Å². The van der Waals surface area contributed by atoms with Crippen molar-refractivity contribution in [3.05, 3.63) is 60.2 Å². The summed E-state index contributed by atoms with van der Waals surface area (Å²) in [4.78, 5) is 27.0. The Morgan fingerprint density at radius 3 is 2.20 bits per heavy atom. The van der Waals surface area contributed by atoms with Crippen molar-refractivity contribution in [2.24, 2.45) is 0 Å². The molecule has 0 bridgehead atoms. The first kappa shape index (κ1) is 25.2. The third-order valence-electron chi connectivity index (χ3n) is 5.48. The Morgan fingerprint density at radius 2 is 1.63 bits per heavy atom. The Kier molecular flexibility index (Phi) is 8.35. The van der Waals surface area contributed by atoms with Crippen LogP contribution < -0.4 is 24.8 Å². The number of carbonyl (C=O) groups excluding carboxylic acids is 2. The largest absolute Gasteiger partial charge is 0.493 e. The molecule has 0 saturated heterocycles. The van der Waals surface area contributed by atoms with Crippen molar-refractivity contribution in [3.8, 4) is 23.4 Å². The molecule has 1 unspecified atom stereocenters. The fraction of sp³-hybridized carbons (Fsp3) is 0.269. The van der Waals surface area contributed by atoms with E-state index in [0.29, 0.717) is 22.9 Å². The van der Waals surface area contributed by atoms with E-state index in [0.717, 1.165) is 21.2 Å². The van der Waals surface area contributed by atoms with Gasteiger partial charge < -0.3 is 24.8 Å². The molecule has 0 aliphatic carbocycles. The molecule has 3 aromatic carbocycles. The van der Waals surface area contributed by atoms with Crippen LogP contribution in [-0.2, 0) is 11.2 Å². The third kappa shape index (κ3) is 5.92. The number of hydrogen-bond acceptors (Lipinski definition) is 6. The predicted molar refractivity (Wildman–Crippen MR) is 133 cm³/mol. The minimum atomic E-state index is -0.960. The van der Waals surface area contributed by atoms with Crippen molar-refractivity contribution in [1.82, 2.24) is 10.2 Å². The van der Waals surface area contributed by atoms with Gasteiger partial charge in [0.05, 0.1) is 27.0 Å². The lowest BCUT2D eigenvalue weighted by atomic mass is 10.0. The average molecular weight is 477 g/mol. The first-order chi connectivity index (χ1) is 16.9. The molecule has 182 valence electrons. The van der Waals surface area contributed by atoms with Crippen LogP contribution in [0.4, 0.5) is 10.5 Å². The predicted octanol–water partition coefficient (Wildman–Crippen LogP) is 3.93. The van der Waals surface area contributed by atoms with Crippen molar-refractivity contribution in [2.75, 3.05) is 33.2 Å². The number of anilines is 1. The number of hydrogen-bond donors (Lipinski definition) is 2. The van der Waals surface area contributed by atoms with Crippen LogP contribution in [0.15, 0.2) is 54.6 Å². The van der Waals surface area contributed by atoms with Crippen molar-refractivity contribution >= 4 is 28.4 Å². The topological polar surface area (TPSA) is 113 Å². The van der Waals surface area contributed by atoms with Gasteiger partial charge in [-0.05, 0) is 23.3 Å². The zero-order valence-electron chi connectivity index (χ0n) is 20.1. The zero-order valence-corrected chi connectivity index (χ0v) is 20.1. The first-order valence-electron chi connectivity index (χ1n) is 11.0. The Labute approximate surface area is 204 Å². The highest BCUT2D eigenvalue weighted by atomic mass is 16.5. The number of rotatable bonds is 9. The molecule has 0 saturated carbocycles.